The summed E-state index contributed by atoms with van der Waals surface area (Å²) in [6.45, 7) is 5.34. The number of aliphatic hydroxyl groups excluding tert-OH is 1. The Morgan fingerprint density at radius 2 is 2.00 bits per heavy atom. The highest BCUT2D eigenvalue weighted by Gasteiger charge is 2.30. The number of aliphatic hydroxyl groups is 1. The molecular formula is C16H26N2O2. The van der Waals surface area contributed by atoms with Crippen LogP contribution < -0.4 is 4.74 Å². The average molecular weight is 278 g/mol. The Morgan fingerprint density at radius 3 is 2.60 bits per heavy atom. The van der Waals surface area contributed by atoms with Gasteiger partial charge in [0.1, 0.15) is 5.75 Å². The van der Waals surface area contributed by atoms with Gasteiger partial charge in [0, 0.05) is 25.7 Å². The van der Waals surface area contributed by atoms with E-state index in [1.54, 1.807) is 0 Å². The molecule has 1 aliphatic heterocycles. The summed E-state index contributed by atoms with van der Waals surface area (Å²) >= 11 is 0. The Hall–Kier alpha value is -1.10. The molecule has 0 aliphatic carbocycles. The summed E-state index contributed by atoms with van der Waals surface area (Å²) in [5.74, 6) is 0.919. The average Bonchev–Trinajstić information content (AvgIpc) is 2.71. The van der Waals surface area contributed by atoms with Crippen molar-refractivity contribution in [2.45, 2.75) is 32.0 Å². The molecule has 0 aromatic heterocycles. The first-order chi connectivity index (χ1) is 9.58. The molecule has 0 amide bonds. The van der Waals surface area contributed by atoms with Gasteiger partial charge in [-0.1, -0.05) is 12.1 Å². The van der Waals surface area contributed by atoms with Crippen LogP contribution in [0.4, 0.5) is 0 Å². The van der Waals surface area contributed by atoms with Crippen LogP contribution >= 0.6 is 0 Å². The van der Waals surface area contributed by atoms with Crippen LogP contribution in [0.25, 0.3) is 0 Å². The highest BCUT2D eigenvalue weighted by Crippen LogP contribution is 2.22. The molecular weight excluding hydrogens is 252 g/mol. The standard InChI is InChI=1S/C16H26N2O2/c1-4-20-16-7-5-13(6-8-16)10-18-12-15(19)9-14(18)11-17(2)3/h5-8,14-15,19H,4,9-12H2,1-3H3. The second-order valence-corrected chi connectivity index (χ2v) is 5.81. The Bertz CT molecular complexity index is 405. The summed E-state index contributed by atoms with van der Waals surface area (Å²) in [4.78, 5) is 4.56. The molecule has 0 radical (unpaired) electrons. The van der Waals surface area contributed by atoms with Crippen molar-refractivity contribution in [3.05, 3.63) is 29.8 Å². The smallest absolute Gasteiger partial charge is 0.119 e. The first kappa shape index (κ1) is 15.3. The molecule has 4 heteroatoms. The molecule has 20 heavy (non-hydrogen) atoms. The van der Waals surface area contributed by atoms with Crippen LogP contribution in [0.1, 0.15) is 18.9 Å². The zero-order chi connectivity index (χ0) is 14.5. The highest BCUT2D eigenvalue weighted by molar-refractivity contribution is 5.27. The number of likely N-dealkylation sites (tertiary alicyclic amines) is 1. The fourth-order valence-corrected chi connectivity index (χ4v) is 2.85. The van der Waals surface area contributed by atoms with Crippen molar-refractivity contribution < 1.29 is 9.84 Å². The molecule has 1 aliphatic rings. The lowest BCUT2D eigenvalue weighted by atomic mass is 10.1. The molecule has 2 atom stereocenters. The molecule has 1 aromatic rings. The van der Waals surface area contributed by atoms with E-state index in [0.717, 1.165) is 31.8 Å². The zero-order valence-electron chi connectivity index (χ0n) is 12.7. The van der Waals surface area contributed by atoms with Crippen molar-refractivity contribution in [2.24, 2.45) is 0 Å². The molecule has 1 fully saturated rings. The van der Waals surface area contributed by atoms with E-state index in [2.05, 4.69) is 36.0 Å². The quantitative estimate of drug-likeness (QED) is 0.857. The monoisotopic (exact) mass is 278 g/mol. The lowest BCUT2D eigenvalue weighted by Crippen LogP contribution is -2.37. The minimum Gasteiger partial charge on any atom is -0.494 e. The molecule has 4 nitrogen and oxygen atoms in total. The van der Waals surface area contributed by atoms with E-state index in [0.29, 0.717) is 12.6 Å². The van der Waals surface area contributed by atoms with Crippen LogP contribution in [-0.2, 0) is 6.54 Å². The summed E-state index contributed by atoms with van der Waals surface area (Å²) in [7, 11) is 4.17. The van der Waals surface area contributed by atoms with Crippen molar-refractivity contribution in [2.75, 3.05) is 33.8 Å². The largest absolute Gasteiger partial charge is 0.494 e. The van der Waals surface area contributed by atoms with Crippen molar-refractivity contribution in [1.29, 1.82) is 0 Å². The number of benzene rings is 1. The van der Waals surface area contributed by atoms with E-state index >= 15 is 0 Å². The molecule has 0 saturated carbocycles. The maximum Gasteiger partial charge on any atom is 0.119 e. The van der Waals surface area contributed by atoms with Gasteiger partial charge in [0.25, 0.3) is 0 Å². The molecule has 0 spiro atoms. The lowest BCUT2D eigenvalue weighted by Gasteiger charge is -2.26. The number of nitrogens with zero attached hydrogens (tertiary/aromatic N) is 2. The first-order valence-electron chi connectivity index (χ1n) is 7.37. The van der Waals surface area contributed by atoms with Crippen LogP contribution in [-0.4, -0.2) is 60.8 Å². The van der Waals surface area contributed by atoms with Crippen LogP contribution in [0.3, 0.4) is 0 Å². The molecule has 1 N–H and O–H groups in total. The topological polar surface area (TPSA) is 35.9 Å². The fraction of sp³-hybridized carbons (Fsp3) is 0.625. The molecule has 1 aromatic carbocycles. The Morgan fingerprint density at radius 1 is 1.30 bits per heavy atom. The molecule has 1 heterocycles. The van der Waals surface area contributed by atoms with Gasteiger partial charge >= 0.3 is 0 Å². The predicted octanol–water partition coefficient (Wildman–Crippen LogP) is 1.58. The summed E-state index contributed by atoms with van der Waals surface area (Å²) in [5, 5.41) is 9.89. The normalized spacial score (nSPS) is 23.4. The summed E-state index contributed by atoms with van der Waals surface area (Å²) in [6, 6.07) is 8.70. The number of hydrogen-bond acceptors (Lipinski definition) is 4. The number of β-amino-alcohol motifs (C(OH)–C–C–N with tert-alkyl or cyclic N) is 1. The van der Waals surface area contributed by atoms with Crippen LogP contribution in [0.2, 0.25) is 0 Å². The van der Waals surface area contributed by atoms with Crippen molar-refractivity contribution in [3.63, 3.8) is 0 Å². The number of hydrogen-bond donors (Lipinski definition) is 1. The van der Waals surface area contributed by atoms with E-state index in [9.17, 15) is 5.11 Å². The van der Waals surface area contributed by atoms with E-state index in [1.807, 2.05) is 19.1 Å². The van der Waals surface area contributed by atoms with Gasteiger partial charge in [-0.3, -0.25) is 4.90 Å². The highest BCUT2D eigenvalue weighted by atomic mass is 16.5. The summed E-state index contributed by atoms with van der Waals surface area (Å²) in [5.41, 5.74) is 1.27. The minimum atomic E-state index is -0.192. The zero-order valence-corrected chi connectivity index (χ0v) is 12.7. The number of rotatable bonds is 6. The van der Waals surface area contributed by atoms with E-state index < -0.39 is 0 Å². The molecule has 1 saturated heterocycles. The fourth-order valence-electron chi connectivity index (χ4n) is 2.85. The van der Waals surface area contributed by atoms with Crippen molar-refractivity contribution in [1.82, 2.24) is 9.80 Å². The molecule has 0 bridgehead atoms. The van der Waals surface area contributed by atoms with Gasteiger partial charge in [-0.2, -0.15) is 0 Å². The number of ether oxygens (including phenoxy) is 1. The van der Waals surface area contributed by atoms with Crippen molar-refractivity contribution >= 4 is 0 Å². The molecule has 2 rings (SSSR count). The van der Waals surface area contributed by atoms with Gasteiger partial charge in [-0.15, -0.1) is 0 Å². The van der Waals surface area contributed by atoms with E-state index in [1.165, 1.54) is 5.56 Å². The third kappa shape index (κ3) is 4.20. The Balaban J connectivity index is 1.96. The van der Waals surface area contributed by atoms with E-state index in [-0.39, 0.29) is 6.10 Å². The lowest BCUT2D eigenvalue weighted by molar-refractivity contribution is 0.169. The van der Waals surface area contributed by atoms with E-state index in [4.69, 9.17) is 4.74 Å². The minimum absolute atomic E-state index is 0.192. The van der Waals surface area contributed by atoms with Gasteiger partial charge in [0.15, 0.2) is 0 Å². The summed E-state index contributed by atoms with van der Waals surface area (Å²) in [6.07, 6.45) is 0.678. The summed E-state index contributed by atoms with van der Waals surface area (Å²) < 4.78 is 5.46. The first-order valence-corrected chi connectivity index (χ1v) is 7.37. The van der Waals surface area contributed by atoms with Crippen molar-refractivity contribution in [3.8, 4) is 5.75 Å². The second-order valence-electron chi connectivity index (χ2n) is 5.81. The van der Waals surface area contributed by atoms with Gasteiger partial charge in [0.05, 0.1) is 12.7 Å². The van der Waals surface area contributed by atoms with Crippen LogP contribution in [0, 0.1) is 0 Å². The molecule has 2 unspecified atom stereocenters. The number of likely N-dealkylation sites (N-methyl/N-ethyl adjacent to an activating group) is 1. The predicted molar refractivity (Wildman–Crippen MR) is 81.0 cm³/mol. The second kappa shape index (κ2) is 7.07. The van der Waals surface area contributed by atoms with Gasteiger partial charge < -0.3 is 14.7 Å². The molecule has 112 valence electrons. The third-order valence-corrected chi connectivity index (χ3v) is 3.70. The SMILES string of the molecule is CCOc1ccc(CN2CC(O)CC2CN(C)C)cc1. The van der Waals surface area contributed by atoms with Crippen LogP contribution in [0.5, 0.6) is 5.75 Å². The maximum absolute atomic E-state index is 9.89. The Labute approximate surface area is 122 Å². The third-order valence-electron chi connectivity index (χ3n) is 3.70. The maximum atomic E-state index is 9.89. The van der Waals surface area contributed by atoms with Gasteiger partial charge in [-0.05, 0) is 45.1 Å². The van der Waals surface area contributed by atoms with Crippen LogP contribution in [0.15, 0.2) is 24.3 Å². The van der Waals surface area contributed by atoms with Gasteiger partial charge in [0.2, 0.25) is 0 Å². The van der Waals surface area contributed by atoms with Gasteiger partial charge in [-0.25, -0.2) is 0 Å². The Kier molecular flexibility index (Phi) is 5.40.